The number of halogens is 3. The Bertz CT molecular complexity index is 359. The molecular formula is C8H7F2IN2O. The standard InChI is InChI=1S/C8H7F2IN2O/c1-3-2-4(8(12)14)13-7(11)5(3)6(9)10/h2,6H,1H3,(H2,12,14). The summed E-state index contributed by atoms with van der Waals surface area (Å²) in [4.78, 5) is 14.4. The highest BCUT2D eigenvalue weighted by molar-refractivity contribution is 14.1. The van der Waals surface area contributed by atoms with E-state index in [9.17, 15) is 13.6 Å². The van der Waals surface area contributed by atoms with Crippen LogP contribution in [-0.4, -0.2) is 10.9 Å². The summed E-state index contributed by atoms with van der Waals surface area (Å²) >= 11 is 1.66. The van der Waals surface area contributed by atoms with Crippen LogP contribution in [0.3, 0.4) is 0 Å². The summed E-state index contributed by atoms with van der Waals surface area (Å²) in [5, 5.41) is 0. The van der Waals surface area contributed by atoms with Crippen molar-refractivity contribution in [2.45, 2.75) is 13.3 Å². The van der Waals surface area contributed by atoms with E-state index in [1.807, 2.05) is 0 Å². The molecule has 0 bridgehead atoms. The molecule has 1 amide bonds. The number of carbonyl (C=O) groups is 1. The number of primary amides is 1. The first-order valence-corrected chi connectivity index (χ1v) is 4.76. The van der Waals surface area contributed by atoms with E-state index < -0.39 is 12.3 Å². The molecule has 76 valence electrons. The second-order valence-electron chi connectivity index (χ2n) is 2.69. The van der Waals surface area contributed by atoms with Gasteiger partial charge < -0.3 is 5.73 Å². The molecular weight excluding hydrogens is 305 g/mol. The molecule has 0 unspecified atom stereocenters. The molecule has 0 aliphatic carbocycles. The zero-order chi connectivity index (χ0) is 10.9. The molecule has 0 saturated carbocycles. The summed E-state index contributed by atoms with van der Waals surface area (Å²) in [5.74, 6) is -0.716. The molecule has 0 saturated heterocycles. The minimum Gasteiger partial charge on any atom is -0.364 e. The first-order valence-electron chi connectivity index (χ1n) is 3.68. The summed E-state index contributed by atoms with van der Waals surface area (Å²) in [5.41, 5.74) is 5.18. The van der Waals surface area contributed by atoms with Gasteiger partial charge in [0.2, 0.25) is 0 Å². The van der Waals surface area contributed by atoms with E-state index >= 15 is 0 Å². The lowest BCUT2D eigenvalue weighted by molar-refractivity contribution is 0.0994. The quantitative estimate of drug-likeness (QED) is 0.671. The second-order valence-corrected chi connectivity index (χ2v) is 3.72. The maximum Gasteiger partial charge on any atom is 0.267 e. The summed E-state index contributed by atoms with van der Waals surface area (Å²) < 4.78 is 25.0. The Labute approximate surface area is 92.8 Å². The van der Waals surface area contributed by atoms with Crippen molar-refractivity contribution in [3.63, 3.8) is 0 Å². The third kappa shape index (κ3) is 2.17. The highest BCUT2D eigenvalue weighted by Crippen LogP contribution is 2.26. The smallest absolute Gasteiger partial charge is 0.267 e. The maximum atomic E-state index is 12.5. The first kappa shape index (κ1) is 11.3. The summed E-state index contributed by atoms with van der Waals surface area (Å²) in [6.07, 6.45) is -2.59. The number of nitrogens with two attached hydrogens (primary N) is 1. The molecule has 1 rings (SSSR count). The van der Waals surface area contributed by atoms with Crippen molar-refractivity contribution in [1.82, 2.24) is 4.98 Å². The third-order valence-corrected chi connectivity index (χ3v) is 2.51. The predicted molar refractivity (Wildman–Crippen MR) is 55.2 cm³/mol. The number of carbonyl (C=O) groups excluding carboxylic acids is 1. The Kier molecular flexibility index (Phi) is 3.35. The van der Waals surface area contributed by atoms with Crippen LogP contribution < -0.4 is 5.73 Å². The van der Waals surface area contributed by atoms with Gasteiger partial charge in [0, 0.05) is 0 Å². The van der Waals surface area contributed by atoms with Crippen molar-refractivity contribution in [3.8, 4) is 0 Å². The van der Waals surface area contributed by atoms with Crippen molar-refractivity contribution < 1.29 is 13.6 Å². The van der Waals surface area contributed by atoms with Crippen LogP contribution in [0.1, 0.15) is 28.0 Å². The Morgan fingerprint density at radius 1 is 1.64 bits per heavy atom. The molecule has 0 aromatic carbocycles. The van der Waals surface area contributed by atoms with E-state index in [0.717, 1.165) is 0 Å². The number of alkyl halides is 2. The molecule has 1 aromatic rings. The Morgan fingerprint density at radius 3 is 2.57 bits per heavy atom. The number of hydrogen-bond acceptors (Lipinski definition) is 2. The van der Waals surface area contributed by atoms with Crippen molar-refractivity contribution in [2.75, 3.05) is 0 Å². The molecule has 0 atom stereocenters. The first-order chi connectivity index (χ1) is 6.43. The molecule has 3 nitrogen and oxygen atoms in total. The zero-order valence-corrected chi connectivity index (χ0v) is 9.38. The van der Waals surface area contributed by atoms with Crippen molar-refractivity contribution in [3.05, 3.63) is 26.6 Å². The Hall–Kier alpha value is -0.790. The number of rotatable bonds is 2. The van der Waals surface area contributed by atoms with Crippen LogP contribution in [0, 0.1) is 10.6 Å². The summed E-state index contributed by atoms with van der Waals surface area (Å²) in [6, 6.07) is 1.27. The topological polar surface area (TPSA) is 56.0 Å². The second kappa shape index (κ2) is 4.16. The molecule has 0 spiro atoms. The van der Waals surface area contributed by atoms with Crippen molar-refractivity contribution in [2.24, 2.45) is 5.73 Å². The lowest BCUT2D eigenvalue weighted by atomic mass is 10.1. The molecule has 0 fully saturated rings. The van der Waals surface area contributed by atoms with E-state index in [-0.39, 0.29) is 15.0 Å². The third-order valence-electron chi connectivity index (χ3n) is 1.69. The highest BCUT2D eigenvalue weighted by Gasteiger charge is 2.18. The lowest BCUT2D eigenvalue weighted by Gasteiger charge is -2.07. The van der Waals surface area contributed by atoms with Gasteiger partial charge in [-0.2, -0.15) is 0 Å². The fourth-order valence-corrected chi connectivity index (χ4v) is 1.95. The minimum absolute atomic E-state index is 0.0105. The van der Waals surface area contributed by atoms with E-state index in [4.69, 9.17) is 5.73 Å². The molecule has 6 heteroatoms. The molecule has 0 aliphatic rings. The molecule has 1 heterocycles. The maximum absolute atomic E-state index is 12.5. The number of pyridine rings is 1. The lowest BCUT2D eigenvalue weighted by Crippen LogP contribution is -2.15. The van der Waals surface area contributed by atoms with E-state index in [2.05, 4.69) is 4.98 Å². The number of aromatic nitrogens is 1. The van der Waals surface area contributed by atoms with Crippen LogP contribution in [0.15, 0.2) is 6.07 Å². The summed E-state index contributed by atoms with van der Waals surface area (Å²) in [6.45, 7) is 1.50. The van der Waals surface area contributed by atoms with Crippen LogP contribution in [0.5, 0.6) is 0 Å². The molecule has 14 heavy (non-hydrogen) atoms. The van der Waals surface area contributed by atoms with Gasteiger partial charge in [-0.25, -0.2) is 13.8 Å². The highest BCUT2D eigenvalue weighted by atomic mass is 127. The molecule has 2 N–H and O–H groups in total. The van der Waals surface area contributed by atoms with Gasteiger partial charge in [0.05, 0.1) is 5.56 Å². The molecule has 1 aromatic heterocycles. The van der Waals surface area contributed by atoms with Gasteiger partial charge in [-0.3, -0.25) is 4.79 Å². The van der Waals surface area contributed by atoms with Gasteiger partial charge in [-0.15, -0.1) is 0 Å². The zero-order valence-electron chi connectivity index (χ0n) is 7.22. The SMILES string of the molecule is Cc1cc(C(N)=O)nc(I)c1C(F)F. The van der Waals surface area contributed by atoms with Crippen molar-refractivity contribution >= 4 is 28.5 Å². The average Bonchev–Trinajstić information content (AvgIpc) is 2.01. The van der Waals surface area contributed by atoms with Gasteiger partial charge >= 0.3 is 0 Å². The van der Waals surface area contributed by atoms with Crippen molar-refractivity contribution in [1.29, 1.82) is 0 Å². The van der Waals surface area contributed by atoms with Crippen LogP contribution in [0.2, 0.25) is 0 Å². The van der Waals surface area contributed by atoms with Gasteiger partial charge in [0.1, 0.15) is 9.39 Å². The number of aryl methyl sites for hydroxylation is 1. The van der Waals surface area contributed by atoms with Gasteiger partial charge in [0.15, 0.2) is 0 Å². The number of nitrogens with zero attached hydrogens (tertiary/aromatic N) is 1. The predicted octanol–water partition coefficient (Wildman–Crippen LogP) is 2.03. The van der Waals surface area contributed by atoms with Crippen LogP contribution >= 0.6 is 22.6 Å². The molecule has 0 aliphatic heterocycles. The van der Waals surface area contributed by atoms with Gasteiger partial charge in [-0.1, -0.05) is 0 Å². The van der Waals surface area contributed by atoms with Gasteiger partial charge in [-0.05, 0) is 41.1 Å². The van der Waals surface area contributed by atoms with E-state index in [1.54, 1.807) is 22.6 Å². The monoisotopic (exact) mass is 312 g/mol. The Balaban J connectivity index is 3.32. The average molecular weight is 312 g/mol. The van der Waals surface area contributed by atoms with Gasteiger partial charge in [0.25, 0.3) is 12.3 Å². The summed E-state index contributed by atoms with van der Waals surface area (Å²) in [7, 11) is 0. The van der Waals surface area contributed by atoms with Crippen LogP contribution in [0.25, 0.3) is 0 Å². The van der Waals surface area contributed by atoms with E-state index in [1.165, 1.54) is 13.0 Å². The largest absolute Gasteiger partial charge is 0.364 e. The fraction of sp³-hybridized carbons (Fsp3) is 0.250. The fourth-order valence-electron chi connectivity index (χ4n) is 1.03. The number of amides is 1. The van der Waals surface area contributed by atoms with Crippen LogP contribution in [0.4, 0.5) is 8.78 Å². The Morgan fingerprint density at radius 2 is 2.21 bits per heavy atom. The van der Waals surface area contributed by atoms with E-state index in [0.29, 0.717) is 5.56 Å². The minimum atomic E-state index is -2.59. The molecule has 0 radical (unpaired) electrons. The normalized spacial score (nSPS) is 10.6. The number of hydrogen-bond donors (Lipinski definition) is 1. The van der Waals surface area contributed by atoms with Crippen LogP contribution in [-0.2, 0) is 0 Å².